The Labute approximate surface area is 470 Å². The standard InChI is InChI=1S/C41H60O4.C31H52O/c1-26(2)27(3)10-11-28(4)30-18-20-39(8)34-16-15-33-37(5,6)35(19-21-40(33)25-41(34,40)23-22-38(30,39)7)45-36(43)17-13-29-12-14-31(42)32(24-29)44-9;1-20(2)21(3)9-10-22(4)23-13-15-29(8)25-12-11-24-27(5,6)26(32)14-16-30(24)19-31(25,30)18-17-28(23,29)7/h12-14,17,24,26,28,30,33-35,42H,3,10-11,15-16,18-23,25H2,1-2,4-9H3;20,22-26,32H,3,9-19H2,1-2,4-8H3/b17-13+;/t28-,30-,33+,34+,35+,38-,39+,40-,41+;22-,23-,24+,25+,26+,28-,29+,30-,31+/m11/s1. The molecule has 0 aliphatic heterocycles. The van der Waals surface area contributed by atoms with Gasteiger partial charge >= 0.3 is 5.97 Å². The highest BCUT2D eigenvalue weighted by molar-refractivity contribution is 5.87. The number of carbonyl (C=O) groups excluding carboxylic acids is 1. The van der Waals surface area contributed by atoms with Crippen LogP contribution in [0.15, 0.2) is 48.6 Å². The monoisotopic (exact) mass is 1060 g/mol. The minimum atomic E-state index is -0.278. The van der Waals surface area contributed by atoms with Crippen molar-refractivity contribution in [1.82, 2.24) is 0 Å². The van der Waals surface area contributed by atoms with E-state index in [1.165, 1.54) is 153 Å². The fraction of sp³-hybridized carbons (Fsp3) is 0.819. The highest BCUT2D eigenvalue weighted by Gasteiger charge is 2.84. The van der Waals surface area contributed by atoms with Crippen molar-refractivity contribution in [3.8, 4) is 11.5 Å². The van der Waals surface area contributed by atoms with Crippen LogP contribution in [-0.4, -0.2) is 35.5 Å². The third-order valence-electron chi connectivity index (χ3n) is 29.0. The Morgan fingerprint density at radius 3 is 1.53 bits per heavy atom. The van der Waals surface area contributed by atoms with Crippen LogP contribution in [-0.2, 0) is 9.53 Å². The van der Waals surface area contributed by atoms with Crippen LogP contribution in [0.3, 0.4) is 0 Å². The van der Waals surface area contributed by atoms with E-state index in [4.69, 9.17) is 9.47 Å². The van der Waals surface area contributed by atoms with Gasteiger partial charge in [-0.2, -0.15) is 0 Å². The van der Waals surface area contributed by atoms with Gasteiger partial charge in [0.25, 0.3) is 0 Å². The fourth-order valence-electron chi connectivity index (χ4n) is 23.7. The second-order valence-electron chi connectivity index (χ2n) is 32.4. The maximum atomic E-state index is 13.1. The normalized spacial score (nSPS) is 45.1. The molecule has 430 valence electrons. The van der Waals surface area contributed by atoms with Crippen molar-refractivity contribution in [2.75, 3.05) is 7.11 Å². The number of allylic oxidation sites excluding steroid dienone is 2. The smallest absolute Gasteiger partial charge is 0.331 e. The van der Waals surface area contributed by atoms with Crippen molar-refractivity contribution in [1.29, 1.82) is 0 Å². The third-order valence-corrected chi connectivity index (χ3v) is 29.0. The van der Waals surface area contributed by atoms with Crippen LogP contribution in [0.1, 0.15) is 244 Å². The first-order valence-electron chi connectivity index (χ1n) is 32.3. The van der Waals surface area contributed by atoms with Gasteiger partial charge < -0.3 is 19.7 Å². The second-order valence-corrected chi connectivity index (χ2v) is 32.4. The van der Waals surface area contributed by atoms with Crippen molar-refractivity contribution in [3.63, 3.8) is 0 Å². The van der Waals surface area contributed by atoms with Crippen molar-refractivity contribution in [2.24, 2.45) is 113 Å². The topological polar surface area (TPSA) is 76.0 Å². The van der Waals surface area contributed by atoms with Gasteiger partial charge in [-0.1, -0.05) is 127 Å². The van der Waals surface area contributed by atoms with Crippen molar-refractivity contribution >= 4 is 12.0 Å². The molecule has 10 fully saturated rings. The van der Waals surface area contributed by atoms with Crippen molar-refractivity contribution in [3.05, 3.63) is 54.1 Å². The summed E-state index contributed by atoms with van der Waals surface area (Å²) >= 11 is 0. The average molecular weight is 1060 g/mol. The summed E-state index contributed by atoms with van der Waals surface area (Å²) in [5.41, 5.74) is 7.77. The number of aliphatic hydroxyl groups excluding tert-OH is 1. The molecule has 1 aromatic rings. The Morgan fingerprint density at radius 1 is 0.597 bits per heavy atom. The molecule has 10 saturated carbocycles. The van der Waals surface area contributed by atoms with E-state index < -0.39 is 0 Å². The van der Waals surface area contributed by atoms with Gasteiger partial charge in [0, 0.05) is 11.5 Å². The molecule has 10 aliphatic carbocycles. The molecule has 0 bridgehead atoms. The molecule has 0 aromatic heterocycles. The lowest BCUT2D eigenvalue weighted by Gasteiger charge is -2.63. The first-order chi connectivity index (χ1) is 36.0. The van der Waals surface area contributed by atoms with E-state index in [9.17, 15) is 15.0 Å². The Morgan fingerprint density at radius 2 is 1.05 bits per heavy atom. The van der Waals surface area contributed by atoms with Gasteiger partial charge in [0.2, 0.25) is 0 Å². The molecule has 0 amide bonds. The van der Waals surface area contributed by atoms with Gasteiger partial charge in [-0.3, -0.25) is 0 Å². The lowest BCUT2D eigenvalue weighted by molar-refractivity contribution is -0.179. The highest BCUT2D eigenvalue weighted by Crippen LogP contribution is 2.91. The average Bonchev–Trinajstić information content (AvgIpc) is 2.13. The molecule has 5 nitrogen and oxygen atoms in total. The van der Waals surface area contributed by atoms with E-state index >= 15 is 0 Å². The number of phenolic OH excluding ortho intramolecular Hbond substituents is 1. The van der Waals surface area contributed by atoms with Crippen LogP contribution in [0.25, 0.3) is 6.08 Å². The van der Waals surface area contributed by atoms with Crippen molar-refractivity contribution in [2.45, 2.75) is 250 Å². The summed E-state index contributed by atoms with van der Waals surface area (Å²) in [7, 11) is 1.52. The molecule has 1 aromatic carbocycles. The molecular weight excluding hydrogens is 945 g/mol. The van der Waals surface area contributed by atoms with Crippen LogP contribution < -0.4 is 4.74 Å². The Hall–Kier alpha value is -2.53. The van der Waals surface area contributed by atoms with Gasteiger partial charge in [-0.15, -0.1) is 0 Å². The molecule has 0 unspecified atom stereocenters. The molecule has 0 saturated heterocycles. The van der Waals surface area contributed by atoms with E-state index in [1.807, 2.05) is 0 Å². The number of esters is 1. The number of methoxy groups -OCH3 is 1. The minimum Gasteiger partial charge on any atom is -0.504 e. The second kappa shape index (κ2) is 19.6. The summed E-state index contributed by atoms with van der Waals surface area (Å²) in [6.07, 6.45) is 32.5. The summed E-state index contributed by atoms with van der Waals surface area (Å²) in [5.74, 6) is 7.85. The molecule has 10 aliphatic rings. The Kier molecular flexibility index (Phi) is 14.7. The number of aromatic hydroxyl groups is 1. The van der Waals surface area contributed by atoms with Crippen LogP contribution in [0, 0.1) is 113 Å². The third kappa shape index (κ3) is 8.39. The zero-order valence-corrected chi connectivity index (χ0v) is 51.9. The maximum Gasteiger partial charge on any atom is 0.331 e. The summed E-state index contributed by atoms with van der Waals surface area (Å²) in [6.45, 7) is 43.5. The maximum absolute atomic E-state index is 13.1. The molecule has 2 N–H and O–H groups in total. The number of carbonyl (C=O) groups is 1. The van der Waals surface area contributed by atoms with E-state index in [-0.39, 0.29) is 34.8 Å². The largest absolute Gasteiger partial charge is 0.504 e. The van der Waals surface area contributed by atoms with Gasteiger partial charge in [-0.25, -0.2) is 4.79 Å². The number of aliphatic hydroxyl groups is 1. The number of ether oxygens (including phenoxy) is 2. The summed E-state index contributed by atoms with van der Waals surface area (Å²) in [4.78, 5) is 13.1. The lowest BCUT2D eigenvalue weighted by Crippen LogP contribution is -2.58. The summed E-state index contributed by atoms with van der Waals surface area (Å²) in [6, 6.07) is 5.08. The molecular formula is C72H112O5. The zero-order chi connectivity index (χ0) is 55.9. The lowest BCUT2D eigenvalue weighted by atomic mass is 9.41. The number of hydrogen-bond donors (Lipinski definition) is 2. The SMILES string of the molecule is C=C(CC[C@@H](C)[C@H]1CC[C@@]2(C)[C@@H]3CC[C@H]4C(C)(C)[C@@H](O)CC[C@@]45C[C@@]35CC[C@]12C)C(C)C.C=C(CC[C@@H](C)[C@H]1CC[C@@]2(C)[C@@H]3CC[C@H]4C(C)(C)[C@@H](OC(=O)/C=C/c5ccc(O)c(OC)c5)CC[C@@]45C[C@@]35CC[C@]12C)C(C)C. The number of hydrogen-bond acceptors (Lipinski definition) is 5. The van der Waals surface area contributed by atoms with E-state index in [1.54, 1.807) is 24.3 Å². The molecule has 5 heteroatoms. The van der Waals surface area contributed by atoms with Gasteiger partial charge in [0.1, 0.15) is 6.10 Å². The van der Waals surface area contributed by atoms with Crippen LogP contribution in [0.4, 0.5) is 0 Å². The number of rotatable bonds is 14. The predicted octanol–water partition coefficient (Wildman–Crippen LogP) is 18.8. The van der Waals surface area contributed by atoms with Crippen LogP contribution >= 0.6 is 0 Å². The molecule has 0 radical (unpaired) electrons. The Balaban J connectivity index is 0.000000185. The molecule has 18 atom stereocenters. The number of benzene rings is 1. The highest BCUT2D eigenvalue weighted by atomic mass is 16.5. The first kappa shape index (κ1) is 57.7. The quantitative estimate of drug-likeness (QED) is 0.110. The first-order valence-corrected chi connectivity index (χ1v) is 32.3. The van der Waals surface area contributed by atoms with Crippen LogP contribution in [0.2, 0.25) is 0 Å². The molecule has 0 heterocycles. The van der Waals surface area contributed by atoms with Gasteiger partial charge in [0.05, 0.1) is 13.2 Å². The zero-order valence-electron chi connectivity index (χ0n) is 51.9. The van der Waals surface area contributed by atoms with Gasteiger partial charge in [0.15, 0.2) is 11.5 Å². The summed E-state index contributed by atoms with van der Waals surface area (Å²) in [5, 5.41) is 20.7. The van der Waals surface area contributed by atoms with Crippen LogP contribution in [0.5, 0.6) is 11.5 Å². The van der Waals surface area contributed by atoms with E-state index in [0.29, 0.717) is 66.8 Å². The Bertz CT molecular complexity index is 2460. The summed E-state index contributed by atoms with van der Waals surface area (Å²) < 4.78 is 11.5. The predicted molar refractivity (Wildman–Crippen MR) is 318 cm³/mol. The molecule has 4 spiro atoms. The van der Waals surface area contributed by atoms with E-state index in [0.717, 1.165) is 59.8 Å². The number of phenols is 1. The van der Waals surface area contributed by atoms with Crippen molar-refractivity contribution < 1.29 is 24.5 Å². The fourth-order valence-corrected chi connectivity index (χ4v) is 23.7. The number of fused-ring (bicyclic) bond motifs is 4. The molecule has 11 rings (SSSR count). The van der Waals surface area contributed by atoms with E-state index in [2.05, 4.69) is 110 Å². The minimum absolute atomic E-state index is 0.0365. The molecule has 77 heavy (non-hydrogen) atoms. The van der Waals surface area contributed by atoms with Gasteiger partial charge in [-0.05, 0) is 273 Å².